The quantitative estimate of drug-likeness (QED) is 0.900. The first-order valence-electron chi connectivity index (χ1n) is 5.97. The van der Waals surface area contributed by atoms with Crippen molar-refractivity contribution in [1.29, 1.82) is 0 Å². The van der Waals surface area contributed by atoms with Crippen molar-refractivity contribution in [3.05, 3.63) is 53.9 Å². The van der Waals surface area contributed by atoms with Gasteiger partial charge in [0.15, 0.2) is 17.4 Å². The molecular weight excluding hydrogens is 250 g/mol. The van der Waals surface area contributed by atoms with Crippen molar-refractivity contribution in [1.82, 2.24) is 10.3 Å². The van der Waals surface area contributed by atoms with Crippen molar-refractivity contribution < 1.29 is 13.5 Å². The Morgan fingerprint density at radius 1 is 1.26 bits per heavy atom. The van der Waals surface area contributed by atoms with E-state index in [0.29, 0.717) is 17.9 Å². The number of nitrogens with zero attached hydrogens (tertiary/aromatic N) is 1. The monoisotopic (exact) mass is 264 g/mol. The van der Waals surface area contributed by atoms with Crippen molar-refractivity contribution in [2.45, 2.75) is 13.5 Å². The maximum Gasteiger partial charge on any atom is 0.198 e. The molecule has 0 saturated carbocycles. The van der Waals surface area contributed by atoms with Crippen LogP contribution in [0.1, 0.15) is 12.5 Å². The summed E-state index contributed by atoms with van der Waals surface area (Å²) in [7, 11) is 0. The Morgan fingerprint density at radius 2 is 2.00 bits per heavy atom. The molecule has 2 aromatic rings. The largest absolute Gasteiger partial charge is 0.450 e. The molecule has 0 radical (unpaired) electrons. The molecule has 5 heteroatoms. The maximum absolute atomic E-state index is 13.8. The second-order valence-corrected chi connectivity index (χ2v) is 3.96. The van der Waals surface area contributed by atoms with Gasteiger partial charge < -0.3 is 10.1 Å². The second kappa shape index (κ2) is 6.24. The van der Waals surface area contributed by atoms with Crippen LogP contribution in [0.3, 0.4) is 0 Å². The molecular formula is C14H14F2N2O. The van der Waals surface area contributed by atoms with Gasteiger partial charge >= 0.3 is 0 Å². The second-order valence-electron chi connectivity index (χ2n) is 3.96. The van der Waals surface area contributed by atoms with E-state index < -0.39 is 17.4 Å². The Hall–Kier alpha value is -2.01. The van der Waals surface area contributed by atoms with E-state index in [9.17, 15) is 8.78 Å². The molecule has 1 aromatic carbocycles. The van der Waals surface area contributed by atoms with Gasteiger partial charge in [0.1, 0.15) is 5.75 Å². The van der Waals surface area contributed by atoms with Crippen molar-refractivity contribution in [3.8, 4) is 11.5 Å². The summed E-state index contributed by atoms with van der Waals surface area (Å²) < 4.78 is 32.8. The molecule has 0 aliphatic rings. The van der Waals surface area contributed by atoms with E-state index in [2.05, 4.69) is 10.3 Å². The van der Waals surface area contributed by atoms with Gasteiger partial charge in [-0.25, -0.2) is 8.78 Å². The zero-order chi connectivity index (χ0) is 13.7. The van der Waals surface area contributed by atoms with E-state index in [1.54, 1.807) is 18.3 Å². The first-order valence-corrected chi connectivity index (χ1v) is 5.97. The van der Waals surface area contributed by atoms with E-state index in [4.69, 9.17) is 4.74 Å². The highest BCUT2D eigenvalue weighted by Gasteiger charge is 2.13. The molecule has 0 bridgehead atoms. The summed E-state index contributed by atoms with van der Waals surface area (Å²) in [6.07, 6.45) is 2.95. The number of rotatable bonds is 5. The van der Waals surface area contributed by atoms with Gasteiger partial charge in [0.25, 0.3) is 0 Å². The summed E-state index contributed by atoms with van der Waals surface area (Å²) in [6, 6.07) is 5.73. The van der Waals surface area contributed by atoms with Gasteiger partial charge in [0.05, 0.1) is 6.20 Å². The average molecular weight is 264 g/mol. The Bertz CT molecular complexity index is 523. The molecule has 19 heavy (non-hydrogen) atoms. The van der Waals surface area contributed by atoms with Crippen molar-refractivity contribution >= 4 is 0 Å². The van der Waals surface area contributed by atoms with Crippen LogP contribution in [0.15, 0.2) is 36.7 Å². The highest BCUT2D eigenvalue weighted by atomic mass is 19.1. The summed E-state index contributed by atoms with van der Waals surface area (Å²) in [5, 5.41) is 3.00. The Kier molecular flexibility index (Phi) is 4.41. The molecule has 0 spiro atoms. The van der Waals surface area contributed by atoms with Crippen LogP contribution < -0.4 is 10.1 Å². The molecule has 1 heterocycles. The SMILES string of the molecule is CCNCc1cc(F)c(Oc2cccnc2)c(F)c1. The molecule has 2 rings (SSSR count). The zero-order valence-corrected chi connectivity index (χ0v) is 10.5. The standard InChI is InChI=1S/C14H14F2N2O/c1-2-17-8-10-6-12(15)14(13(16)7-10)19-11-4-3-5-18-9-11/h3-7,9,17H,2,8H2,1H3. The van der Waals surface area contributed by atoms with Gasteiger partial charge in [-0.05, 0) is 36.4 Å². The van der Waals surface area contributed by atoms with Crippen LogP contribution >= 0.6 is 0 Å². The Labute approximate surface area is 110 Å². The van der Waals surface area contributed by atoms with Crippen LogP contribution in [-0.4, -0.2) is 11.5 Å². The van der Waals surface area contributed by atoms with Gasteiger partial charge in [-0.1, -0.05) is 6.92 Å². The summed E-state index contributed by atoms with van der Waals surface area (Å²) in [5.41, 5.74) is 0.537. The molecule has 0 saturated heterocycles. The van der Waals surface area contributed by atoms with Crippen LogP contribution in [0.2, 0.25) is 0 Å². The predicted molar refractivity (Wildman–Crippen MR) is 68.0 cm³/mol. The fraction of sp³-hybridized carbons (Fsp3) is 0.214. The molecule has 0 aliphatic carbocycles. The molecule has 0 fully saturated rings. The van der Waals surface area contributed by atoms with Gasteiger partial charge in [-0.15, -0.1) is 0 Å². The first-order chi connectivity index (χ1) is 9.20. The molecule has 100 valence electrons. The fourth-order valence-electron chi connectivity index (χ4n) is 1.61. The van der Waals surface area contributed by atoms with Gasteiger partial charge in [0.2, 0.25) is 0 Å². The highest BCUT2D eigenvalue weighted by Crippen LogP contribution is 2.28. The van der Waals surface area contributed by atoms with Crippen LogP contribution in [-0.2, 0) is 6.54 Å². The lowest BCUT2D eigenvalue weighted by atomic mass is 10.2. The Morgan fingerprint density at radius 3 is 2.58 bits per heavy atom. The minimum absolute atomic E-state index is 0.291. The maximum atomic E-state index is 13.8. The lowest BCUT2D eigenvalue weighted by Crippen LogP contribution is -2.12. The molecule has 3 nitrogen and oxygen atoms in total. The van der Waals surface area contributed by atoms with Gasteiger partial charge in [-0.3, -0.25) is 4.98 Å². The van der Waals surface area contributed by atoms with Crippen molar-refractivity contribution in [3.63, 3.8) is 0 Å². The van der Waals surface area contributed by atoms with Crippen LogP contribution in [0.4, 0.5) is 8.78 Å². The van der Waals surface area contributed by atoms with Gasteiger partial charge in [-0.2, -0.15) is 0 Å². The highest BCUT2D eigenvalue weighted by molar-refractivity contribution is 5.35. The summed E-state index contributed by atoms with van der Waals surface area (Å²) in [6.45, 7) is 3.07. The normalized spacial score (nSPS) is 10.5. The predicted octanol–water partition coefficient (Wildman–Crippen LogP) is 3.26. The van der Waals surface area contributed by atoms with Gasteiger partial charge in [0, 0.05) is 12.7 Å². The van der Waals surface area contributed by atoms with E-state index in [0.717, 1.165) is 6.54 Å². The number of aromatic nitrogens is 1. The van der Waals surface area contributed by atoms with Crippen LogP contribution in [0.5, 0.6) is 11.5 Å². The third-order valence-electron chi connectivity index (χ3n) is 2.49. The topological polar surface area (TPSA) is 34.1 Å². The van der Waals surface area contributed by atoms with E-state index in [-0.39, 0.29) is 0 Å². The minimum Gasteiger partial charge on any atom is -0.450 e. The molecule has 1 aromatic heterocycles. The number of halogens is 2. The fourth-order valence-corrected chi connectivity index (χ4v) is 1.61. The lowest BCUT2D eigenvalue weighted by molar-refractivity contribution is 0.405. The molecule has 0 aliphatic heterocycles. The lowest BCUT2D eigenvalue weighted by Gasteiger charge is -2.09. The van der Waals surface area contributed by atoms with Crippen molar-refractivity contribution in [2.24, 2.45) is 0 Å². The average Bonchev–Trinajstić information content (AvgIpc) is 2.42. The number of benzene rings is 1. The molecule has 0 unspecified atom stereocenters. The molecule has 0 atom stereocenters. The van der Waals surface area contributed by atoms with E-state index in [1.165, 1.54) is 18.3 Å². The summed E-state index contributed by atoms with van der Waals surface area (Å²) >= 11 is 0. The van der Waals surface area contributed by atoms with E-state index >= 15 is 0 Å². The number of hydrogen-bond acceptors (Lipinski definition) is 3. The first kappa shape index (κ1) is 13.4. The number of hydrogen-bond donors (Lipinski definition) is 1. The minimum atomic E-state index is -0.725. The summed E-state index contributed by atoms with van der Waals surface area (Å²) in [4.78, 5) is 3.82. The Balaban J connectivity index is 2.22. The number of pyridine rings is 1. The molecule has 0 amide bonds. The third kappa shape index (κ3) is 3.48. The smallest absolute Gasteiger partial charge is 0.198 e. The number of nitrogens with one attached hydrogen (secondary N) is 1. The summed E-state index contributed by atoms with van der Waals surface area (Å²) in [5.74, 6) is -1.57. The van der Waals surface area contributed by atoms with E-state index in [1.807, 2.05) is 6.92 Å². The van der Waals surface area contributed by atoms with Crippen molar-refractivity contribution in [2.75, 3.05) is 6.54 Å². The van der Waals surface area contributed by atoms with Crippen LogP contribution in [0, 0.1) is 11.6 Å². The number of ether oxygens (including phenoxy) is 1. The zero-order valence-electron chi connectivity index (χ0n) is 10.5. The molecule has 1 N–H and O–H groups in total. The third-order valence-corrected chi connectivity index (χ3v) is 2.49. The van der Waals surface area contributed by atoms with Crippen LogP contribution in [0.25, 0.3) is 0 Å².